The first-order valence-corrected chi connectivity index (χ1v) is 6.26. The summed E-state index contributed by atoms with van der Waals surface area (Å²) in [7, 11) is 1.50. The predicted molar refractivity (Wildman–Crippen MR) is 65.1 cm³/mol. The highest BCUT2D eigenvalue weighted by Gasteiger charge is 2.28. The minimum absolute atomic E-state index is 0.210. The highest BCUT2D eigenvalue weighted by atomic mass is 32.1. The van der Waals surface area contributed by atoms with E-state index in [1.54, 1.807) is 10.9 Å². The molecule has 0 bridgehead atoms. The fourth-order valence-corrected chi connectivity index (χ4v) is 2.04. The summed E-state index contributed by atoms with van der Waals surface area (Å²) in [5.41, 5.74) is 1.85. The maximum Gasteiger partial charge on any atom is 0.326 e. The number of amides is 1. The van der Waals surface area contributed by atoms with Crippen LogP contribution in [0.4, 0.5) is 0 Å². The van der Waals surface area contributed by atoms with Crippen molar-refractivity contribution in [3.8, 4) is 0 Å². The maximum atomic E-state index is 11.9. The van der Waals surface area contributed by atoms with Gasteiger partial charge < -0.3 is 10.0 Å². The van der Waals surface area contributed by atoms with Gasteiger partial charge in [0.05, 0.1) is 5.51 Å². The highest BCUT2D eigenvalue weighted by molar-refractivity contribution is 7.07. The summed E-state index contributed by atoms with van der Waals surface area (Å²) >= 11 is 1.31. The van der Waals surface area contributed by atoms with E-state index < -0.39 is 12.0 Å². The zero-order valence-corrected chi connectivity index (χ0v) is 10.9. The SMILES string of the molecule is CC(C)CC(C(=O)O)N(C)C(=O)c1cscn1. The van der Waals surface area contributed by atoms with E-state index >= 15 is 0 Å². The smallest absolute Gasteiger partial charge is 0.326 e. The van der Waals surface area contributed by atoms with Crippen LogP contribution in [-0.4, -0.2) is 40.0 Å². The molecule has 17 heavy (non-hydrogen) atoms. The maximum absolute atomic E-state index is 11.9. The molecule has 0 saturated heterocycles. The molecule has 1 N–H and O–H groups in total. The molecule has 0 aromatic carbocycles. The largest absolute Gasteiger partial charge is 0.480 e. The van der Waals surface area contributed by atoms with E-state index in [0.29, 0.717) is 12.1 Å². The molecule has 1 heterocycles. The van der Waals surface area contributed by atoms with Gasteiger partial charge in [0.15, 0.2) is 0 Å². The Morgan fingerprint density at radius 2 is 2.18 bits per heavy atom. The number of aromatic nitrogens is 1. The standard InChI is InChI=1S/C11H16N2O3S/c1-7(2)4-9(11(15)16)13(3)10(14)8-5-17-6-12-8/h5-7,9H,4H2,1-3H3,(H,15,16). The number of aliphatic carboxylic acids is 1. The molecule has 94 valence electrons. The molecule has 0 aliphatic rings. The lowest BCUT2D eigenvalue weighted by atomic mass is 10.0. The van der Waals surface area contributed by atoms with Gasteiger partial charge in [0.1, 0.15) is 11.7 Å². The van der Waals surface area contributed by atoms with E-state index in [2.05, 4.69) is 4.98 Å². The molecule has 0 fully saturated rings. The van der Waals surface area contributed by atoms with Gasteiger partial charge in [-0.05, 0) is 12.3 Å². The summed E-state index contributed by atoms with van der Waals surface area (Å²) < 4.78 is 0. The van der Waals surface area contributed by atoms with Gasteiger partial charge in [0, 0.05) is 12.4 Å². The number of carbonyl (C=O) groups excluding carboxylic acids is 1. The van der Waals surface area contributed by atoms with Crippen molar-refractivity contribution in [2.75, 3.05) is 7.05 Å². The normalized spacial score (nSPS) is 12.5. The lowest BCUT2D eigenvalue weighted by Gasteiger charge is -2.25. The van der Waals surface area contributed by atoms with E-state index in [1.807, 2.05) is 13.8 Å². The van der Waals surface area contributed by atoms with E-state index in [1.165, 1.54) is 23.3 Å². The monoisotopic (exact) mass is 256 g/mol. The quantitative estimate of drug-likeness (QED) is 0.870. The minimum Gasteiger partial charge on any atom is -0.480 e. The van der Waals surface area contributed by atoms with Crippen LogP contribution in [0.5, 0.6) is 0 Å². The Labute approximate surface area is 104 Å². The van der Waals surface area contributed by atoms with Crippen LogP contribution in [0.2, 0.25) is 0 Å². The van der Waals surface area contributed by atoms with Crippen LogP contribution < -0.4 is 0 Å². The van der Waals surface area contributed by atoms with Crippen LogP contribution in [0.3, 0.4) is 0 Å². The Bertz CT molecular complexity index is 389. The Morgan fingerprint density at radius 1 is 1.53 bits per heavy atom. The van der Waals surface area contributed by atoms with Gasteiger partial charge in [-0.15, -0.1) is 11.3 Å². The summed E-state index contributed by atoms with van der Waals surface area (Å²) in [6.45, 7) is 3.86. The number of nitrogens with zero attached hydrogens (tertiary/aromatic N) is 2. The minimum atomic E-state index is -0.982. The number of hydrogen-bond donors (Lipinski definition) is 1. The summed E-state index contributed by atoms with van der Waals surface area (Å²) in [6, 6.07) is -0.802. The number of hydrogen-bond acceptors (Lipinski definition) is 4. The van der Waals surface area contributed by atoms with E-state index in [0.717, 1.165) is 0 Å². The van der Waals surface area contributed by atoms with Crippen LogP contribution in [0.1, 0.15) is 30.8 Å². The Morgan fingerprint density at radius 3 is 2.59 bits per heavy atom. The molecule has 1 unspecified atom stereocenters. The van der Waals surface area contributed by atoms with Gasteiger partial charge >= 0.3 is 5.97 Å². The van der Waals surface area contributed by atoms with Crippen molar-refractivity contribution < 1.29 is 14.7 Å². The van der Waals surface area contributed by atoms with E-state index in [9.17, 15) is 9.59 Å². The Balaban J connectivity index is 2.81. The molecular weight excluding hydrogens is 240 g/mol. The summed E-state index contributed by atoms with van der Waals surface area (Å²) in [5.74, 6) is -1.12. The van der Waals surface area contributed by atoms with Gasteiger partial charge in [-0.1, -0.05) is 13.8 Å². The number of likely N-dealkylation sites (N-methyl/N-ethyl adjacent to an activating group) is 1. The third-order valence-electron chi connectivity index (χ3n) is 2.42. The zero-order valence-electron chi connectivity index (χ0n) is 10.1. The van der Waals surface area contributed by atoms with E-state index in [4.69, 9.17) is 5.11 Å². The van der Waals surface area contributed by atoms with Crippen molar-refractivity contribution in [2.24, 2.45) is 5.92 Å². The Kier molecular flexibility index (Phi) is 4.62. The average Bonchev–Trinajstić information content (AvgIpc) is 2.76. The second kappa shape index (κ2) is 5.77. The fraction of sp³-hybridized carbons (Fsp3) is 0.545. The van der Waals surface area contributed by atoms with Crippen molar-refractivity contribution in [1.82, 2.24) is 9.88 Å². The van der Waals surface area contributed by atoms with Crippen molar-refractivity contribution in [1.29, 1.82) is 0 Å². The average molecular weight is 256 g/mol. The second-order valence-corrected chi connectivity index (χ2v) is 4.99. The molecule has 1 atom stereocenters. The molecule has 1 amide bonds. The van der Waals surface area contributed by atoms with Crippen LogP contribution >= 0.6 is 11.3 Å². The lowest BCUT2D eigenvalue weighted by Crippen LogP contribution is -2.43. The first kappa shape index (κ1) is 13.6. The number of carboxylic acids is 1. The van der Waals surface area contributed by atoms with Crippen molar-refractivity contribution in [3.63, 3.8) is 0 Å². The molecule has 0 aliphatic heterocycles. The predicted octanol–water partition coefficient (Wildman–Crippen LogP) is 1.71. The third-order valence-corrected chi connectivity index (χ3v) is 3.01. The van der Waals surface area contributed by atoms with Gasteiger partial charge in [-0.3, -0.25) is 4.79 Å². The molecule has 6 heteroatoms. The van der Waals surface area contributed by atoms with Gasteiger partial charge in [-0.2, -0.15) is 0 Å². The highest BCUT2D eigenvalue weighted by Crippen LogP contribution is 2.14. The van der Waals surface area contributed by atoms with Gasteiger partial charge in [0.2, 0.25) is 0 Å². The lowest BCUT2D eigenvalue weighted by molar-refractivity contribution is -0.142. The number of carbonyl (C=O) groups is 2. The summed E-state index contributed by atoms with van der Waals surface area (Å²) in [6.07, 6.45) is 0.432. The zero-order chi connectivity index (χ0) is 13.0. The van der Waals surface area contributed by atoms with Gasteiger partial charge in [0.25, 0.3) is 5.91 Å². The molecule has 5 nitrogen and oxygen atoms in total. The molecule has 0 aliphatic carbocycles. The number of rotatable bonds is 5. The number of carboxylic acid groups (broad SMARTS) is 1. The van der Waals surface area contributed by atoms with Crippen molar-refractivity contribution in [2.45, 2.75) is 26.3 Å². The van der Waals surface area contributed by atoms with Crippen LogP contribution in [0.15, 0.2) is 10.9 Å². The second-order valence-electron chi connectivity index (χ2n) is 4.27. The van der Waals surface area contributed by atoms with Crippen LogP contribution in [-0.2, 0) is 4.79 Å². The van der Waals surface area contributed by atoms with E-state index in [-0.39, 0.29) is 11.8 Å². The molecule has 0 spiro atoms. The number of thiazole rings is 1. The van der Waals surface area contributed by atoms with Crippen LogP contribution in [0, 0.1) is 5.92 Å². The fourth-order valence-electron chi connectivity index (χ4n) is 1.51. The molecule has 1 rings (SSSR count). The first-order chi connectivity index (χ1) is 7.93. The van der Waals surface area contributed by atoms with Crippen molar-refractivity contribution >= 4 is 23.2 Å². The van der Waals surface area contributed by atoms with Crippen molar-refractivity contribution in [3.05, 3.63) is 16.6 Å². The molecule has 0 saturated carbocycles. The summed E-state index contributed by atoms with van der Waals surface area (Å²) in [4.78, 5) is 28.2. The molecule has 0 radical (unpaired) electrons. The summed E-state index contributed by atoms with van der Waals surface area (Å²) in [5, 5.41) is 10.7. The molecular formula is C11H16N2O3S. The topological polar surface area (TPSA) is 70.5 Å². The van der Waals surface area contributed by atoms with Gasteiger partial charge in [-0.25, -0.2) is 9.78 Å². The molecule has 1 aromatic rings. The van der Waals surface area contributed by atoms with Crippen LogP contribution in [0.25, 0.3) is 0 Å². The molecule has 1 aromatic heterocycles. The first-order valence-electron chi connectivity index (χ1n) is 5.31. The third kappa shape index (κ3) is 3.52. The Hall–Kier alpha value is -1.43.